The van der Waals surface area contributed by atoms with Crippen LogP contribution in [0.25, 0.3) is 0 Å². The molecule has 0 fully saturated rings. The van der Waals surface area contributed by atoms with Crippen LogP contribution in [0, 0.1) is 13.8 Å². The van der Waals surface area contributed by atoms with Crippen LogP contribution in [-0.2, 0) is 32.6 Å². The summed E-state index contributed by atoms with van der Waals surface area (Å²) in [6.45, 7) is 7.31. The van der Waals surface area contributed by atoms with Crippen molar-refractivity contribution in [3.8, 4) is 0 Å². The second kappa shape index (κ2) is 13.8. The maximum atomic E-state index is 14.1. The van der Waals surface area contributed by atoms with Crippen molar-refractivity contribution >= 4 is 39.1 Å². The van der Waals surface area contributed by atoms with Gasteiger partial charge in [0.25, 0.3) is 0 Å². The first-order valence-electron chi connectivity index (χ1n) is 13.3. The molecule has 40 heavy (non-hydrogen) atoms. The van der Waals surface area contributed by atoms with Gasteiger partial charge in [0, 0.05) is 24.0 Å². The minimum Gasteiger partial charge on any atom is -0.352 e. The zero-order chi connectivity index (χ0) is 29.4. The van der Waals surface area contributed by atoms with E-state index < -0.39 is 28.5 Å². The van der Waals surface area contributed by atoms with Crippen LogP contribution in [0.15, 0.2) is 72.8 Å². The first-order chi connectivity index (χ1) is 18.9. The van der Waals surface area contributed by atoms with Gasteiger partial charge in [0.05, 0.1) is 11.9 Å². The molecule has 0 saturated carbocycles. The van der Waals surface area contributed by atoms with Crippen LogP contribution in [0.4, 0.5) is 5.69 Å². The lowest BCUT2D eigenvalue weighted by atomic mass is 10.0. The summed E-state index contributed by atoms with van der Waals surface area (Å²) in [7, 11) is -3.86. The number of aryl methyl sites for hydroxylation is 2. The Morgan fingerprint density at radius 3 is 2.20 bits per heavy atom. The summed E-state index contributed by atoms with van der Waals surface area (Å²) in [4.78, 5) is 29.4. The minimum absolute atomic E-state index is 0.0941. The summed E-state index contributed by atoms with van der Waals surface area (Å²) in [6.07, 6.45) is 2.05. The summed E-state index contributed by atoms with van der Waals surface area (Å²) < 4.78 is 26.9. The Balaban J connectivity index is 2.08. The van der Waals surface area contributed by atoms with Gasteiger partial charge in [-0.2, -0.15) is 0 Å². The molecule has 0 aromatic heterocycles. The molecule has 3 aromatic carbocycles. The third kappa shape index (κ3) is 8.32. The quantitative estimate of drug-likeness (QED) is 0.314. The zero-order valence-corrected chi connectivity index (χ0v) is 25.3. The third-order valence-electron chi connectivity index (χ3n) is 7.00. The van der Waals surface area contributed by atoms with Crippen molar-refractivity contribution < 1.29 is 18.0 Å². The minimum atomic E-state index is -3.86. The van der Waals surface area contributed by atoms with Gasteiger partial charge in [-0.15, -0.1) is 0 Å². The fourth-order valence-electron chi connectivity index (χ4n) is 4.32. The second-order valence-corrected chi connectivity index (χ2v) is 12.5. The number of sulfonamides is 1. The largest absolute Gasteiger partial charge is 0.352 e. The molecule has 2 amide bonds. The van der Waals surface area contributed by atoms with Crippen molar-refractivity contribution in [2.45, 2.75) is 59.2 Å². The first kappa shape index (κ1) is 31.2. The molecule has 0 saturated heterocycles. The van der Waals surface area contributed by atoms with Crippen LogP contribution < -0.4 is 9.62 Å². The van der Waals surface area contributed by atoms with E-state index in [1.807, 2.05) is 82.3 Å². The van der Waals surface area contributed by atoms with E-state index in [4.69, 9.17) is 11.6 Å². The molecule has 0 aliphatic carbocycles. The average Bonchev–Trinajstić information content (AvgIpc) is 2.91. The predicted octanol–water partition coefficient (Wildman–Crippen LogP) is 5.28. The smallest absolute Gasteiger partial charge is 0.244 e. The summed E-state index contributed by atoms with van der Waals surface area (Å²) >= 11 is 6.31. The Labute approximate surface area is 243 Å². The van der Waals surface area contributed by atoms with E-state index in [1.54, 1.807) is 12.1 Å². The number of amides is 2. The number of halogens is 1. The number of benzene rings is 3. The molecule has 0 heterocycles. The predicted molar refractivity (Wildman–Crippen MR) is 162 cm³/mol. The number of nitrogens with zero attached hydrogens (tertiary/aromatic N) is 2. The molecule has 2 atom stereocenters. The average molecular weight is 584 g/mol. The number of carbonyl (C=O) groups is 2. The molecule has 9 heteroatoms. The lowest BCUT2D eigenvalue weighted by molar-refractivity contribution is -0.140. The molecular formula is C31H38ClN3O4S. The fraction of sp³-hybridized carbons (Fsp3) is 0.355. The van der Waals surface area contributed by atoms with Gasteiger partial charge < -0.3 is 10.2 Å². The van der Waals surface area contributed by atoms with Gasteiger partial charge in [-0.1, -0.05) is 79.2 Å². The van der Waals surface area contributed by atoms with Gasteiger partial charge >= 0.3 is 0 Å². The van der Waals surface area contributed by atoms with Crippen molar-refractivity contribution in [2.24, 2.45) is 0 Å². The highest BCUT2D eigenvalue weighted by Gasteiger charge is 2.33. The summed E-state index contributed by atoms with van der Waals surface area (Å²) in [5.74, 6) is -0.782. The summed E-state index contributed by atoms with van der Waals surface area (Å²) in [6, 6.07) is 21.1. The van der Waals surface area contributed by atoms with Crippen molar-refractivity contribution in [2.75, 3.05) is 17.1 Å². The highest BCUT2D eigenvalue weighted by Crippen LogP contribution is 2.26. The van der Waals surface area contributed by atoms with Crippen molar-refractivity contribution in [1.82, 2.24) is 10.2 Å². The number of hydrogen-bond donors (Lipinski definition) is 1. The van der Waals surface area contributed by atoms with Crippen LogP contribution in [-0.4, -0.2) is 50.0 Å². The maximum Gasteiger partial charge on any atom is 0.244 e. The monoisotopic (exact) mass is 583 g/mol. The molecule has 3 aromatic rings. The zero-order valence-electron chi connectivity index (χ0n) is 23.7. The van der Waals surface area contributed by atoms with Gasteiger partial charge in [0.15, 0.2) is 0 Å². The molecule has 1 N–H and O–H groups in total. The topological polar surface area (TPSA) is 86.8 Å². The number of rotatable bonds is 12. The lowest BCUT2D eigenvalue weighted by Crippen LogP contribution is -2.54. The van der Waals surface area contributed by atoms with Gasteiger partial charge in [-0.3, -0.25) is 13.9 Å². The molecule has 0 radical (unpaired) electrons. The van der Waals surface area contributed by atoms with Crippen molar-refractivity contribution in [3.05, 3.63) is 100 Å². The molecule has 0 aliphatic heterocycles. The van der Waals surface area contributed by atoms with Crippen LogP contribution in [0.2, 0.25) is 5.02 Å². The Kier molecular flexibility index (Phi) is 10.8. The Bertz CT molecular complexity index is 1430. The summed E-state index contributed by atoms with van der Waals surface area (Å²) in [5.41, 5.74) is 3.79. The number of nitrogens with one attached hydrogen (secondary N) is 1. The highest BCUT2D eigenvalue weighted by atomic mass is 35.5. The van der Waals surface area contributed by atoms with E-state index in [-0.39, 0.29) is 30.6 Å². The molecular weight excluding hydrogens is 546 g/mol. The van der Waals surface area contributed by atoms with E-state index in [0.717, 1.165) is 39.2 Å². The van der Waals surface area contributed by atoms with Crippen LogP contribution in [0.1, 0.15) is 42.5 Å². The molecule has 0 unspecified atom stereocenters. The van der Waals surface area contributed by atoms with Crippen LogP contribution in [0.3, 0.4) is 0 Å². The van der Waals surface area contributed by atoms with Crippen molar-refractivity contribution in [1.29, 1.82) is 0 Å². The molecule has 0 bridgehead atoms. The summed E-state index contributed by atoms with van der Waals surface area (Å²) in [5, 5.41) is 3.43. The molecule has 0 spiro atoms. The molecule has 214 valence electrons. The third-order valence-corrected chi connectivity index (χ3v) is 8.54. The Hall–Kier alpha value is -3.36. The molecule has 7 nitrogen and oxygen atoms in total. The van der Waals surface area contributed by atoms with E-state index in [9.17, 15) is 18.0 Å². The Morgan fingerprint density at radius 1 is 0.950 bits per heavy atom. The standard InChI is InChI=1S/C31H38ClN3O4S/c1-6-24(4)33-31(37)29(18-25-13-8-7-9-14-25)34(20-26-15-11-10-12-22(26)2)30(36)21-35(40(5,38)39)27-17-16-23(3)28(32)19-27/h7-17,19,24,29H,6,18,20-21H2,1-5H3,(H,33,37)/t24-,29-/m0/s1. The van der Waals surface area contributed by atoms with Crippen molar-refractivity contribution in [3.63, 3.8) is 0 Å². The Morgan fingerprint density at radius 2 is 1.60 bits per heavy atom. The van der Waals surface area contributed by atoms with Gasteiger partial charge in [-0.25, -0.2) is 8.42 Å². The number of carbonyl (C=O) groups excluding carboxylic acids is 2. The second-order valence-electron chi connectivity index (χ2n) is 10.2. The van der Waals surface area contributed by atoms with E-state index in [1.165, 1.54) is 11.0 Å². The molecule has 0 aliphatic rings. The van der Waals surface area contributed by atoms with Gasteiger partial charge in [0.1, 0.15) is 12.6 Å². The van der Waals surface area contributed by atoms with E-state index in [0.29, 0.717) is 5.02 Å². The fourth-order valence-corrected chi connectivity index (χ4v) is 5.33. The maximum absolute atomic E-state index is 14.1. The lowest BCUT2D eigenvalue weighted by Gasteiger charge is -2.34. The SMILES string of the molecule is CC[C@H](C)NC(=O)[C@H](Cc1ccccc1)N(Cc1ccccc1C)C(=O)CN(c1ccc(C)c(Cl)c1)S(C)(=O)=O. The van der Waals surface area contributed by atoms with Crippen LogP contribution >= 0.6 is 11.6 Å². The van der Waals surface area contributed by atoms with E-state index in [2.05, 4.69) is 5.32 Å². The van der Waals surface area contributed by atoms with Gasteiger partial charge in [-0.05, 0) is 61.6 Å². The highest BCUT2D eigenvalue weighted by molar-refractivity contribution is 7.92. The van der Waals surface area contributed by atoms with Gasteiger partial charge in [0.2, 0.25) is 21.8 Å². The number of hydrogen-bond acceptors (Lipinski definition) is 4. The number of anilines is 1. The molecule has 3 rings (SSSR count). The normalized spacial score (nSPS) is 12.8. The first-order valence-corrected chi connectivity index (χ1v) is 15.6. The van der Waals surface area contributed by atoms with E-state index >= 15 is 0 Å². The van der Waals surface area contributed by atoms with Crippen LogP contribution in [0.5, 0.6) is 0 Å².